The fraction of sp³-hybridized carbons (Fsp3) is 0.700. The first-order valence-electron chi connectivity index (χ1n) is 5.01. The maximum absolute atomic E-state index is 14.3. The van der Waals surface area contributed by atoms with Crippen molar-refractivity contribution in [2.45, 2.75) is 43.8 Å². The summed E-state index contributed by atoms with van der Waals surface area (Å²) in [5, 5.41) is 2.78. The zero-order valence-electron chi connectivity index (χ0n) is 8.08. The molecule has 0 saturated heterocycles. The number of halogens is 1. The highest BCUT2D eigenvalue weighted by molar-refractivity contribution is 7.09. The first-order chi connectivity index (χ1) is 6.68. The number of nitrogens with two attached hydrogens (primary N) is 1. The highest BCUT2D eigenvalue weighted by atomic mass is 32.1. The van der Waals surface area contributed by atoms with E-state index in [1.54, 1.807) is 6.20 Å². The molecule has 1 aromatic heterocycles. The van der Waals surface area contributed by atoms with Gasteiger partial charge in [-0.25, -0.2) is 9.37 Å². The number of alkyl halides is 1. The standard InChI is InChI=1S/C10H15FN2S/c11-10(3-1-2-8(12)6-10)7-9-13-4-5-14-9/h4-5,8H,1-3,6-7,12H2. The van der Waals surface area contributed by atoms with Gasteiger partial charge >= 0.3 is 0 Å². The molecule has 2 nitrogen and oxygen atoms in total. The molecule has 1 aliphatic carbocycles. The first kappa shape index (κ1) is 10.1. The van der Waals surface area contributed by atoms with Gasteiger partial charge in [-0.1, -0.05) is 0 Å². The van der Waals surface area contributed by atoms with Crippen LogP contribution in [0.4, 0.5) is 4.39 Å². The molecule has 1 heterocycles. The van der Waals surface area contributed by atoms with E-state index in [0.717, 1.165) is 17.8 Å². The van der Waals surface area contributed by atoms with Gasteiger partial charge in [0.25, 0.3) is 0 Å². The molecule has 78 valence electrons. The van der Waals surface area contributed by atoms with Crippen molar-refractivity contribution in [3.05, 3.63) is 16.6 Å². The van der Waals surface area contributed by atoms with Crippen molar-refractivity contribution in [2.75, 3.05) is 0 Å². The fourth-order valence-corrected chi connectivity index (χ4v) is 2.87. The van der Waals surface area contributed by atoms with E-state index in [1.807, 2.05) is 5.38 Å². The Kier molecular flexibility index (Phi) is 2.83. The van der Waals surface area contributed by atoms with Crippen LogP contribution in [-0.2, 0) is 6.42 Å². The summed E-state index contributed by atoms with van der Waals surface area (Å²) in [4.78, 5) is 4.12. The van der Waals surface area contributed by atoms with Crippen LogP contribution in [0.25, 0.3) is 0 Å². The predicted octanol–water partition coefficient (Wildman–Crippen LogP) is 2.30. The minimum absolute atomic E-state index is 0.0358. The van der Waals surface area contributed by atoms with Crippen molar-refractivity contribution >= 4 is 11.3 Å². The quantitative estimate of drug-likeness (QED) is 0.820. The van der Waals surface area contributed by atoms with Crippen LogP contribution >= 0.6 is 11.3 Å². The number of hydrogen-bond donors (Lipinski definition) is 1. The average Bonchev–Trinajstić information content (AvgIpc) is 2.55. The zero-order valence-corrected chi connectivity index (χ0v) is 8.89. The topological polar surface area (TPSA) is 38.9 Å². The van der Waals surface area contributed by atoms with Gasteiger partial charge in [-0.2, -0.15) is 0 Å². The second-order valence-electron chi connectivity index (χ2n) is 4.11. The smallest absolute Gasteiger partial charge is 0.118 e. The summed E-state index contributed by atoms with van der Waals surface area (Å²) in [7, 11) is 0. The highest BCUT2D eigenvalue weighted by Gasteiger charge is 2.35. The van der Waals surface area contributed by atoms with Crippen molar-refractivity contribution in [2.24, 2.45) is 5.73 Å². The van der Waals surface area contributed by atoms with Crippen LogP contribution in [-0.4, -0.2) is 16.7 Å². The normalized spacial score (nSPS) is 33.1. The van der Waals surface area contributed by atoms with Crippen LogP contribution in [0.3, 0.4) is 0 Å². The lowest BCUT2D eigenvalue weighted by Gasteiger charge is -2.32. The van der Waals surface area contributed by atoms with Gasteiger partial charge in [0.2, 0.25) is 0 Å². The SMILES string of the molecule is NC1CCCC(F)(Cc2nccs2)C1. The maximum atomic E-state index is 14.3. The van der Waals surface area contributed by atoms with Crippen molar-refractivity contribution < 1.29 is 4.39 Å². The van der Waals surface area contributed by atoms with E-state index in [4.69, 9.17) is 5.73 Å². The van der Waals surface area contributed by atoms with E-state index in [-0.39, 0.29) is 6.04 Å². The largest absolute Gasteiger partial charge is 0.328 e. The minimum atomic E-state index is -1.10. The summed E-state index contributed by atoms with van der Waals surface area (Å²) in [5.41, 5.74) is 4.68. The Hall–Kier alpha value is -0.480. The number of aromatic nitrogens is 1. The van der Waals surface area contributed by atoms with Crippen LogP contribution in [0.5, 0.6) is 0 Å². The molecule has 0 spiro atoms. The molecule has 1 aromatic rings. The number of thiazole rings is 1. The van der Waals surface area contributed by atoms with E-state index in [0.29, 0.717) is 19.3 Å². The molecule has 2 unspecified atom stereocenters. The predicted molar refractivity (Wildman–Crippen MR) is 56.1 cm³/mol. The Morgan fingerprint density at radius 1 is 1.71 bits per heavy atom. The summed E-state index contributed by atoms with van der Waals surface area (Å²) in [6.07, 6.45) is 5.17. The van der Waals surface area contributed by atoms with Crippen molar-refractivity contribution in [3.8, 4) is 0 Å². The number of hydrogen-bond acceptors (Lipinski definition) is 3. The Morgan fingerprint density at radius 3 is 3.21 bits per heavy atom. The molecule has 1 aliphatic rings. The second kappa shape index (κ2) is 3.95. The molecule has 4 heteroatoms. The lowest BCUT2D eigenvalue weighted by atomic mass is 9.82. The van der Waals surface area contributed by atoms with E-state index in [9.17, 15) is 4.39 Å². The Balaban J connectivity index is 2.01. The lowest BCUT2D eigenvalue weighted by Crippen LogP contribution is -2.39. The Labute approximate surface area is 87.3 Å². The molecule has 0 aliphatic heterocycles. The molecule has 2 N–H and O–H groups in total. The van der Waals surface area contributed by atoms with Gasteiger partial charge in [0.1, 0.15) is 5.67 Å². The average molecular weight is 214 g/mol. The third-order valence-corrected chi connectivity index (χ3v) is 3.56. The van der Waals surface area contributed by atoms with Crippen LogP contribution in [0.2, 0.25) is 0 Å². The fourth-order valence-electron chi connectivity index (χ4n) is 2.13. The van der Waals surface area contributed by atoms with Gasteiger partial charge in [-0.3, -0.25) is 0 Å². The molecule has 2 atom stereocenters. The molecule has 1 fully saturated rings. The third kappa shape index (κ3) is 2.30. The van der Waals surface area contributed by atoms with Gasteiger partial charge in [-0.15, -0.1) is 11.3 Å². The molecule has 2 rings (SSSR count). The molecular formula is C10H15FN2S. The van der Waals surface area contributed by atoms with Gasteiger partial charge in [0.05, 0.1) is 5.01 Å². The van der Waals surface area contributed by atoms with E-state index in [1.165, 1.54) is 11.3 Å². The van der Waals surface area contributed by atoms with Crippen molar-refractivity contribution in [1.29, 1.82) is 0 Å². The molecule has 14 heavy (non-hydrogen) atoms. The van der Waals surface area contributed by atoms with E-state index in [2.05, 4.69) is 4.98 Å². The van der Waals surface area contributed by atoms with Crippen LogP contribution < -0.4 is 5.73 Å². The monoisotopic (exact) mass is 214 g/mol. The van der Waals surface area contributed by atoms with Crippen molar-refractivity contribution in [1.82, 2.24) is 4.98 Å². The summed E-state index contributed by atoms with van der Waals surface area (Å²) >= 11 is 1.52. The van der Waals surface area contributed by atoms with E-state index >= 15 is 0 Å². The Bertz CT molecular complexity index is 288. The van der Waals surface area contributed by atoms with Gasteiger partial charge in [-0.05, 0) is 25.7 Å². The Morgan fingerprint density at radius 2 is 2.57 bits per heavy atom. The molecule has 0 radical (unpaired) electrons. The number of rotatable bonds is 2. The maximum Gasteiger partial charge on any atom is 0.118 e. The lowest BCUT2D eigenvalue weighted by molar-refractivity contribution is 0.0964. The van der Waals surface area contributed by atoms with Crippen LogP contribution in [0.1, 0.15) is 30.7 Å². The summed E-state index contributed by atoms with van der Waals surface area (Å²) in [5.74, 6) is 0. The second-order valence-corrected chi connectivity index (χ2v) is 5.09. The molecule has 0 amide bonds. The van der Waals surface area contributed by atoms with Crippen LogP contribution in [0.15, 0.2) is 11.6 Å². The van der Waals surface area contributed by atoms with Gasteiger partial charge < -0.3 is 5.73 Å². The highest BCUT2D eigenvalue weighted by Crippen LogP contribution is 2.34. The third-order valence-electron chi connectivity index (χ3n) is 2.78. The summed E-state index contributed by atoms with van der Waals surface area (Å²) < 4.78 is 14.3. The number of nitrogens with zero attached hydrogens (tertiary/aromatic N) is 1. The summed E-state index contributed by atoms with van der Waals surface area (Å²) in [6, 6.07) is 0.0358. The summed E-state index contributed by atoms with van der Waals surface area (Å²) in [6.45, 7) is 0. The zero-order chi connectivity index (χ0) is 10.0. The van der Waals surface area contributed by atoms with Gasteiger partial charge in [0, 0.05) is 24.0 Å². The van der Waals surface area contributed by atoms with Crippen molar-refractivity contribution in [3.63, 3.8) is 0 Å². The van der Waals surface area contributed by atoms with Crippen LogP contribution in [0, 0.1) is 0 Å². The van der Waals surface area contributed by atoms with Gasteiger partial charge in [0.15, 0.2) is 0 Å². The molecular weight excluding hydrogens is 199 g/mol. The molecule has 1 saturated carbocycles. The molecule has 0 aromatic carbocycles. The first-order valence-corrected chi connectivity index (χ1v) is 5.89. The van der Waals surface area contributed by atoms with E-state index < -0.39 is 5.67 Å². The molecule has 0 bridgehead atoms. The minimum Gasteiger partial charge on any atom is -0.328 e.